The Bertz CT molecular complexity index is 760. The molecule has 0 bridgehead atoms. The number of halogens is 2. The molecule has 1 aliphatic carbocycles. The predicted octanol–water partition coefficient (Wildman–Crippen LogP) is 1.49. The second-order valence-corrected chi connectivity index (χ2v) is 7.33. The quantitative estimate of drug-likeness (QED) is 0.597. The van der Waals surface area contributed by atoms with Crippen LogP contribution < -0.4 is 5.32 Å². The third-order valence-electron chi connectivity index (χ3n) is 3.98. The van der Waals surface area contributed by atoms with E-state index in [1.165, 1.54) is 7.11 Å². The molecule has 8 nitrogen and oxygen atoms in total. The lowest BCUT2D eigenvalue weighted by Gasteiger charge is -2.33. The van der Waals surface area contributed by atoms with Gasteiger partial charge in [-0.1, -0.05) is 5.16 Å². The molecule has 0 radical (unpaired) electrons. The van der Waals surface area contributed by atoms with E-state index in [9.17, 15) is 9.90 Å². The number of hydrogen-bond acceptors (Lipinski definition) is 6. The second-order valence-electron chi connectivity index (χ2n) is 5.62. The lowest BCUT2D eigenvalue weighted by Crippen LogP contribution is -2.45. The lowest BCUT2D eigenvalue weighted by molar-refractivity contribution is -0.114. The molecule has 0 aromatic carbocycles. The highest BCUT2D eigenvalue weighted by atomic mass is 79.9. The number of aromatic nitrogens is 2. The van der Waals surface area contributed by atoms with E-state index >= 15 is 0 Å². The minimum atomic E-state index is -1.14. The van der Waals surface area contributed by atoms with Gasteiger partial charge in [0, 0.05) is 31.3 Å². The van der Waals surface area contributed by atoms with Crippen LogP contribution in [0.1, 0.15) is 12.1 Å². The summed E-state index contributed by atoms with van der Waals surface area (Å²) in [6.07, 6.45) is 4.69. The first-order valence-corrected chi connectivity index (χ1v) is 9.06. The molecule has 10 heteroatoms. The SMILES string of the molecule is COC1=C(Br)[C@@H](O)[C@@]2(C=C1Br)CC(C(=O)NCCc1cnc[nH]1)=NO2. The zero-order valence-corrected chi connectivity index (χ0v) is 16.4. The number of methoxy groups -OCH3 is 1. The minimum Gasteiger partial charge on any atom is -0.495 e. The Morgan fingerprint density at radius 1 is 1.60 bits per heavy atom. The zero-order chi connectivity index (χ0) is 18.0. The molecule has 1 amide bonds. The minimum absolute atomic E-state index is 0.144. The summed E-state index contributed by atoms with van der Waals surface area (Å²) < 4.78 is 6.27. The number of hydrogen-bond donors (Lipinski definition) is 3. The standard InChI is InChI=1S/C15H16Br2N4O4/c1-24-12-9(16)4-15(13(22)11(12)17)5-10(21-25-15)14(23)19-3-2-8-6-18-7-20-8/h4,6-7,13,22H,2-3,5H2,1H3,(H,18,20)(H,19,23)/t13-,15-/m1/s1. The summed E-state index contributed by atoms with van der Waals surface area (Å²) in [7, 11) is 1.50. The van der Waals surface area contributed by atoms with Crippen LogP contribution in [-0.2, 0) is 20.8 Å². The van der Waals surface area contributed by atoms with E-state index < -0.39 is 11.7 Å². The molecule has 0 unspecified atom stereocenters. The van der Waals surface area contributed by atoms with Gasteiger partial charge >= 0.3 is 0 Å². The van der Waals surface area contributed by atoms with Gasteiger partial charge in [0.2, 0.25) is 0 Å². The molecule has 1 aromatic rings. The van der Waals surface area contributed by atoms with Crippen LogP contribution in [0.2, 0.25) is 0 Å². The average Bonchev–Trinajstić information content (AvgIpc) is 3.24. The monoisotopic (exact) mass is 474 g/mol. The fourth-order valence-corrected chi connectivity index (χ4v) is 4.44. The van der Waals surface area contributed by atoms with Gasteiger partial charge in [-0.25, -0.2) is 4.98 Å². The van der Waals surface area contributed by atoms with Gasteiger partial charge in [0.1, 0.15) is 17.6 Å². The van der Waals surface area contributed by atoms with Crippen molar-refractivity contribution in [2.45, 2.75) is 24.5 Å². The molecule has 25 heavy (non-hydrogen) atoms. The van der Waals surface area contributed by atoms with Gasteiger partial charge in [0.15, 0.2) is 5.60 Å². The van der Waals surface area contributed by atoms with Crippen LogP contribution in [0.3, 0.4) is 0 Å². The molecule has 1 aliphatic heterocycles. The van der Waals surface area contributed by atoms with Crippen molar-refractivity contribution in [1.82, 2.24) is 15.3 Å². The molecule has 2 atom stereocenters. The third kappa shape index (κ3) is 3.51. The largest absolute Gasteiger partial charge is 0.495 e. The lowest BCUT2D eigenvalue weighted by atomic mass is 9.87. The van der Waals surface area contributed by atoms with Crippen LogP contribution in [0.25, 0.3) is 0 Å². The fourth-order valence-electron chi connectivity index (χ4n) is 2.65. The van der Waals surface area contributed by atoms with Gasteiger partial charge in [0.25, 0.3) is 5.91 Å². The van der Waals surface area contributed by atoms with Gasteiger partial charge in [-0.15, -0.1) is 0 Å². The van der Waals surface area contributed by atoms with E-state index in [0.717, 1.165) is 5.69 Å². The Balaban J connectivity index is 1.62. The van der Waals surface area contributed by atoms with Crippen LogP contribution >= 0.6 is 31.9 Å². The van der Waals surface area contributed by atoms with E-state index in [1.807, 2.05) is 0 Å². The Kier molecular flexibility index (Phi) is 5.30. The molecule has 3 N–H and O–H groups in total. The number of oxime groups is 1. The van der Waals surface area contributed by atoms with E-state index in [2.05, 4.69) is 52.3 Å². The van der Waals surface area contributed by atoms with Gasteiger partial charge < -0.3 is 25.0 Å². The molecular formula is C15H16Br2N4O4. The molecule has 134 valence electrons. The van der Waals surface area contributed by atoms with Crippen molar-refractivity contribution in [2.75, 3.05) is 13.7 Å². The van der Waals surface area contributed by atoms with Crippen molar-refractivity contribution in [3.05, 3.63) is 39.0 Å². The number of aliphatic hydroxyl groups excluding tert-OH is 1. The van der Waals surface area contributed by atoms with Crippen molar-refractivity contribution in [3.63, 3.8) is 0 Å². The number of aliphatic hydroxyl groups is 1. The highest BCUT2D eigenvalue weighted by Crippen LogP contribution is 2.43. The summed E-state index contributed by atoms with van der Waals surface area (Å²) >= 11 is 6.70. The number of nitrogens with zero attached hydrogens (tertiary/aromatic N) is 2. The third-order valence-corrected chi connectivity index (χ3v) is 5.36. The van der Waals surface area contributed by atoms with E-state index in [0.29, 0.717) is 27.7 Å². The molecule has 2 heterocycles. The van der Waals surface area contributed by atoms with Crippen LogP contribution in [-0.4, -0.2) is 52.1 Å². The maximum atomic E-state index is 12.3. The molecular weight excluding hydrogens is 460 g/mol. The highest BCUT2D eigenvalue weighted by molar-refractivity contribution is 9.12. The molecule has 2 aliphatic rings. The van der Waals surface area contributed by atoms with Gasteiger partial charge in [-0.3, -0.25) is 4.79 Å². The Hall–Kier alpha value is -1.65. The summed E-state index contributed by atoms with van der Waals surface area (Å²) in [5, 5.41) is 17.2. The predicted molar refractivity (Wildman–Crippen MR) is 97.1 cm³/mol. The van der Waals surface area contributed by atoms with E-state index in [4.69, 9.17) is 9.57 Å². The second kappa shape index (κ2) is 7.30. The first-order chi connectivity index (χ1) is 12.0. The number of allylic oxidation sites excluding steroid dienone is 1. The molecule has 1 spiro atoms. The number of carbonyl (C=O) groups excluding carboxylic acids is 1. The number of H-pyrrole nitrogens is 1. The normalized spacial score (nSPS) is 25.5. The van der Waals surface area contributed by atoms with Crippen LogP contribution in [0, 0.1) is 0 Å². The van der Waals surface area contributed by atoms with Gasteiger partial charge in [-0.05, 0) is 37.9 Å². The number of aromatic amines is 1. The number of imidazole rings is 1. The summed E-state index contributed by atoms with van der Waals surface area (Å²) in [5.74, 6) is 0.143. The molecule has 0 fully saturated rings. The molecule has 1 aromatic heterocycles. The number of amides is 1. The van der Waals surface area contributed by atoms with E-state index in [-0.39, 0.29) is 18.0 Å². The Morgan fingerprint density at radius 2 is 2.40 bits per heavy atom. The number of nitrogens with one attached hydrogen (secondary N) is 2. The maximum Gasteiger partial charge on any atom is 0.269 e. The average molecular weight is 476 g/mol. The molecule has 0 saturated carbocycles. The summed E-state index contributed by atoms with van der Waals surface area (Å²) in [6.45, 7) is 0.437. The Labute approximate surface area is 160 Å². The number of rotatable bonds is 5. The van der Waals surface area contributed by atoms with Crippen molar-refractivity contribution in [1.29, 1.82) is 0 Å². The van der Waals surface area contributed by atoms with Crippen LogP contribution in [0.15, 0.2) is 38.5 Å². The summed E-state index contributed by atoms with van der Waals surface area (Å²) in [4.78, 5) is 24.6. The van der Waals surface area contributed by atoms with Gasteiger partial charge in [0.05, 0.1) is 22.4 Å². The Morgan fingerprint density at radius 3 is 3.08 bits per heavy atom. The molecule has 0 saturated heterocycles. The molecule has 3 rings (SSSR count). The van der Waals surface area contributed by atoms with Crippen LogP contribution in [0.5, 0.6) is 0 Å². The topological polar surface area (TPSA) is 109 Å². The van der Waals surface area contributed by atoms with Crippen molar-refractivity contribution >= 4 is 43.5 Å². The highest BCUT2D eigenvalue weighted by Gasteiger charge is 2.50. The number of ether oxygens (including phenoxy) is 1. The smallest absolute Gasteiger partial charge is 0.269 e. The summed E-state index contributed by atoms with van der Waals surface area (Å²) in [5.41, 5.74) is 0.00827. The summed E-state index contributed by atoms with van der Waals surface area (Å²) in [6, 6.07) is 0. The fraction of sp³-hybridized carbons (Fsp3) is 0.400. The van der Waals surface area contributed by atoms with Crippen molar-refractivity contribution in [3.8, 4) is 0 Å². The number of carbonyl (C=O) groups is 1. The van der Waals surface area contributed by atoms with Crippen molar-refractivity contribution < 1.29 is 19.5 Å². The zero-order valence-electron chi connectivity index (χ0n) is 13.3. The van der Waals surface area contributed by atoms with E-state index in [1.54, 1.807) is 18.6 Å². The van der Waals surface area contributed by atoms with Gasteiger partial charge in [-0.2, -0.15) is 0 Å². The first-order valence-electron chi connectivity index (χ1n) is 7.48. The van der Waals surface area contributed by atoms with Crippen LogP contribution in [0.4, 0.5) is 0 Å². The maximum absolute atomic E-state index is 12.3. The first kappa shape index (κ1) is 18.2. The van der Waals surface area contributed by atoms with Crippen molar-refractivity contribution in [2.24, 2.45) is 5.16 Å².